The number of aromatic amines is 1. The highest BCUT2D eigenvalue weighted by Crippen LogP contribution is 2.20. The summed E-state index contributed by atoms with van der Waals surface area (Å²) in [5, 5.41) is 14.7. The van der Waals surface area contributed by atoms with Crippen molar-refractivity contribution < 1.29 is 9.53 Å². The van der Waals surface area contributed by atoms with E-state index in [1.165, 1.54) is 11.8 Å². The lowest BCUT2D eigenvalue weighted by Gasteiger charge is -2.09. The quantitative estimate of drug-likeness (QED) is 0.151. The van der Waals surface area contributed by atoms with E-state index < -0.39 is 0 Å². The van der Waals surface area contributed by atoms with Crippen molar-refractivity contribution in [1.82, 2.24) is 25.2 Å². The van der Waals surface area contributed by atoms with Gasteiger partial charge in [0.25, 0.3) is 5.91 Å². The molecule has 0 aliphatic heterocycles. The Balaban J connectivity index is 1.32. The van der Waals surface area contributed by atoms with Crippen LogP contribution in [0.2, 0.25) is 5.02 Å². The number of hydrazone groups is 1. The van der Waals surface area contributed by atoms with Crippen LogP contribution < -0.4 is 10.2 Å². The number of benzene rings is 2. The van der Waals surface area contributed by atoms with Crippen LogP contribution in [-0.4, -0.2) is 37.6 Å². The molecule has 2 aromatic heterocycles. The van der Waals surface area contributed by atoms with Crippen LogP contribution in [-0.2, 0) is 17.9 Å². The normalized spacial score (nSPS) is 11.2. The first-order valence-electron chi connectivity index (χ1n) is 10.1. The third-order valence-corrected chi connectivity index (χ3v) is 5.85. The van der Waals surface area contributed by atoms with Crippen LogP contribution in [0, 0.1) is 0 Å². The van der Waals surface area contributed by atoms with Gasteiger partial charge in [0.1, 0.15) is 12.4 Å². The predicted octanol–water partition coefficient (Wildman–Crippen LogP) is 4.42. The fourth-order valence-corrected chi connectivity index (χ4v) is 3.95. The Hall–Kier alpha value is -3.56. The number of rotatable bonds is 10. The number of carbonyl (C=O) groups is 1. The third kappa shape index (κ3) is 5.82. The van der Waals surface area contributed by atoms with E-state index in [4.69, 9.17) is 16.3 Å². The van der Waals surface area contributed by atoms with E-state index in [9.17, 15) is 4.79 Å². The molecule has 0 unspecified atom stereocenters. The van der Waals surface area contributed by atoms with Gasteiger partial charge in [-0.2, -0.15) is 5.10 Å². The minimum Gasteiger partial charge on any atom is -0.486 e. The smallest absolute Gasteiger partial charge is 0.250 e. The second-order valence-corrected chi connectivity index (χ2v) is 8.29. The summed E-state index contributed by atoms with van der Waals surface area (Å²) in [6, 6.07) is 15.0. The highest BCUT2D eigenvalue weighted by molar-refractivity contribution is 7.99. The van der Waals surface area contributed by atoms with E-state index in [0.717, 1.165) is 16.5 Å². The van der Waals surface area contributed by atoms with Gasteiger partial charge in [0.15, 0.2) is 11.0 Å². The number of allylic oxidation sites excluding steroid dienone is 1. The van der Waals surface area contributed by atoms with Gasteiger partial charge in [0.05, 0.1) is 12.0 Å². The summed E-state index contributed by atoms with van der Waals surface area (Å²) in [5.41, 5.74) is 4.46. The number of H-pyrrole nitrogens is 1. The van der Waals surface area contributed by atoms with Gasteiger partial charge in [0, 0.05) is 34.2 Å². The van der Waals surface area contributed by atoms with Crippen molar-refractivity contribution in [2.24, 2.45) is 5.10 Å². The first-order chi connectivity index (χ1) is 16.1. The largest absolute Gasteiger partial charge is 0.486 e. The summed E-state index contributed by atoms with van der Waals surface area (Å²) in [6.07, 6.45) is 5.21. The molecule has 0 atom stereocenters. The van der Waals surface area contributed by atoms with Crippen LogP contribution in [0.1, 0.15) is 11.4 Å². The second-order valence-electron chi connectivity index (χ2n) is 6.91. The van der Waals surface area contributed by atoms with Gasteiger partial charge in [-0.1, -0.05) is 47.6 Å². The molecule has 0 bridgehead atoms. The van der Waals surface area contributed by atoms with E-state index in [1.54, 1.807) is 36.6 Å². The number of halogens is 1. The first-order valence-corrected chi connectivity index (χ1v) is 11.4. The minimum atomic E-state index is -0.247. The van der Waals surface area contributed by atoms with Gasteiger partial charge in [-0.3, -0.25) is 9.36 Å². The molecule has 0 aliphatic rings. The highest BCUT2D eigenvalue weighted by Gasteiger charge is 2.14. The van der Waals surface area contributed by atoms with Crippen molar-refractivity contribution >= 4 is 46.4 Å². The number of ether oxygens (including phenoxy) is 1. The zero-order valence-electron chi connectivity index (χ0n) is 17.6. The van der Waals surface area contributed by atoms with Crippen molar-refractivity contribution in [3.05, 3.63) is 83.8 Å². The van der Waals surface area contributed by atoms with Gasteiger partial charge in [-0.15, -0.1) is 16.8 Å². The van der Waals surface area contributed by atoms with E-state index >= 15 is 0 Å². The molecule has 168 valence electrons. The molecule has 2 heterocycles. The monoisotopic (exact) mass is 480 g/mol. The molecule has 4 rings (SSSR count). The SMILES string of the molecule is C=CCn1c(COc2ccc(Cl)cc2)nnc1SCC(=O)N/N=C\c1c[nH]c2ccccc12. The Labute approximate surface area is 199 Å². The molecule has 8 nitrogen and oxygen atoms in total. The number of nitrogens with one attached hydrogen (secondary N) is 2. The van der Waals surface area contributed by atoms with E-state index in [1.807, 2.05) is 35.0 Å². The van der Waals surface area contributed by atoms with Gasteiger partial charge in [-0.05, 0) is 30.3 Å². The maximum Gasteiger partial charge on any atom is 0.250 e. The summed E-state index contributed by atoms with van der Waals surface area (Å²) in [4.78, 5) is 15.4. The number of hydrogen-bond donors (Lipinski definition) is 2. The fraction of sp³-hybridized carbons (Fsp3) is 0.130. The van der Waals surface area contributed by atoms with Gasteiger partial charge in [0.2, 0.25) is 0 Å². The summed E-state index contributed by atoms with van der Waals surface area (Å²) in [5.74, 6) is 1.20. The molecule has 4 aromatic rings. The molecule has 33 heavy (non-hydrogen) atoms. The maximum absolute atomic E-state index is 12.3. The number of aromatic nitrogens is 4. The molecule has 0 aliphatic carbocycles. The lowest BCUT2D eigenvalue weighted by atomic mass is 10.2. The Morgan fingerprint density at radius 3 is 2.88 bits per heavy atom. The highest BCUT2D eigenvalue weighted by atomic mass is 35.5. The molecule has 10 heteroatoms. The van der Waals surface area contributed by atoms with Crippen molar-refractivity contribution in [3.63, 3.8) is 0 Å². The molecule has 0 saturated carbocycles. The number of para-hydroxylation sites is 1. The summed E-state index contributed by atoms with van der Waals surface area (Å²) in [6.45, 7) is 4.51. The number of carbonyl (C=O) groups excluding carboxylic acids is 1. The fourth-order valence-electron chi connectivity index (χ4n) is 3.06. The van der Waals surface area contributed by atoms with Crippen molar-refractivity contribution in [2.45, 2.75) is 18.3 Å². The Morgan fingerprint density at radius 1 is 1.24 bits per heavy atom. The number of hydrogen-bond acceptors (Lipinski definition) is 6. The topological polar surface area (TPSA) is 97.2 Å². The number of nitrogens with zero attached hydrogens (tertiary/aromatic N) is 4. The number of fused-ring (bicyclic) bond motifs is 1. The first kappa shape index (κ1) is 22.6. The Kier molecular flexibility index (Phi) is 7.43. The second kappa shape index (κ2) is 10.8. The molecule has 2 N–H and O–H groups in total. The Bertz CT molecular complexity index is 1280. The van der Waals surface area contributed by atoms with Crippen LogP contribution in [0.25, 0.3) is 10.9 Å². The summed E-state index contributed by atoms with van der Waals surface area (Å²) in [7, 11) is 0. The number of thioether (sulfide) groups is 1. The lowest BCUT2D eigenvalue weighted by Crippen LogP contribution is -2.20. The van der Waals surface area contributed by atoms with Gasteiger partial charge >= 0.3 is 0 Å². The van der Waals surface area contributed by atoms with Crippen LogP contribution in [0.15, 0.2) is 77.6 Å². The molecule has 0 saturated heterocycles. The molecule has 2 aromatic carbocycles. The van der Waals surface area contributed by atoms with Gasteiger partial charge in [-0.25, -0.2) is 5.43 Å². The average Bonchev–Trinajstić information content (AvgIpc) is 3.42. The molecular weight excluding hydrogens is 460 g/mol. The average molecular weight is 481 g/mol. The van der Waals surface area contributed by atoms with E-state index in [2.05, 4.69) is 32.3 Å². The van der Waals surface area contributed by atoms with Crippen LogP contribution in [0.3, 0.4) is 0 Å². The van der Waals surface area contributed by atoms with Crippen molar-refractivity contribution in [2.75, 3.05) is 5.75 Å². The molecule has 1 amide bonds. The lowest BCUT2D eigenvalue weighted by molar-refractivity contribution is -0.118. The number of amides is 1. The molecule has 0 fully saturated rings. The Morgan fingerprint density at radius 2 is 2.06 bits per heavy atom. The van der Waals surface area contributed by atoms with Crippen LogP contribution >= 0.6 is 23.4 Å². The predicted molar refractivity (Wildman–Crippen MR) is 131 cm³/mol. The zero-order chi connectivity index (χ0) is 23.0. The van der Waals surface area contributed by atoms with Crippen LogP contribution in [0.5, 0.6) is 5.75 Å². The zero-order valence-corrected chi connectivity index (χ0v) is 19.1. The standard InChI is InChI=1S/C23H21ClN6O2S/c1-2-11-30-21(14-32-18-9-7-17(24)8-10-18)27-29-23(30)33-15-22(31)28-26-13-16-12-25-20-6-4-3-5-19(16)20/h2-10,12-13,25H,1,11,14-15H2,(H,28,31)/b26-13-. The van der Waals surface area contributed by atoms with Crippen molar-refractivity contribution in [3.8, 4) is 5.75 Å². The van der Waals surface area contributed by atoms with E-state index in [0.29, 0.717) is 28.3 Å². The van der Waals surface area contributed by atoms with Crippen LogP contribution in [0.4, 0.5) is 0 Å². The van der Waals surface area contributed by atoms with E-state index in [-0.39, 0.29) is 18.3 Å². The third-order valence-electron chi connectivity index (χ3n) is 4.63. The van der Waals surface area contributed by atoms with Crippen molar-refractivity contribution in [1.29, 1.82) is 0 Å². The molecule has 0 radical (unpaired) electrons. The minimum absolute atomic E-state index is 0.137. The molecule has 0 spiro atoms. The maximum atomic E-state index is 12.3. The summed E-state index contributed by atoms with van der Waals surface area (Å²) >= 11 is 7.17. The molecular formula is C23H21ClN6O2S. The van der Waals surface area contributed by atoms with Gasteiger partial charge < -0.3 is 9.72 Å². The summed E-state index contributed by atoms with van der Waals surface area (Å²) < 4.78 is 7.62.